The molecule has 182 valence electrons. The van der Waals surface area contributed by atoms with Crippen LogP contribution in [0, 0.1) is 6.92 Å². The van der Waals surface area contributed by atoms with Crippen molar-refractivity contribution >= 4 is 23.2 Å². The Balaban J connectivity index is 1.36. The number of rotatable bonds is 8. The number of phenolic OH excluding ortho intramolecular Hbond substituents is 1. The number of carbonyl (C=O) groups is 2. The first kappa shape index (κ1) is 24.1. The number of amides is 2. The number of para-hydroxylation sites is 1. The molecule has 1 fully saturated rings. The molecule has 35 heavy (non-hydrogen) atoms. The number of primary amides is 1. The van der Waals surface area contributed by atoms with Crippen LogP contribution < -0.4 is 20.9 Å². The molecule has 3 aromatic rings. The highest BCUT2D eigenvalue weighted by Crippen LogP contribution is 2.26. The topological polar surface area (TPSA) is 98.9 Å². The van der Waals surface area contributed by atoms with Gasteiger partial charge in [-0.3, -0.25) is 9.59 Å². The van der Waals surface area contributed by atoms with Gasteiger partial charge in [-0.2, -0.15) is 0 Å². The van der Waals surface area contributed by atoms with Crippen LogP contribution >= 0.6 is 0 Å². The number of aromatic hydroxyl groups is 1. The van der Waals surface area contributed by atoms with Crippen LogP contribution in [0.1, 0.15) is 38.3 Å². The third kappa shape index (κ3) is 5.93. The number of nitrogens with zero attached hydrogens (tertiary/aromatic N) is 2. The Bertz CT molecular complexity index is 1190. The number of nitrogens with one attached hydrogen (secondary N) is 1. The first-order valence-electron chi connectivity index (χ1n) is 12.0. The van der Waals surface area contributed by atoms with E-state index in [1.165, 1.54) is 11.3 Å². The molecule has 3 aromatic carbocycles. The van der Waals surface area contributed by atoms with E-state index in [0.29, 0.717) is 17.7 Å². The first-order valence-corrected chi connectivity index (χ1v) is 12.0. The van der Waals surface area contributed by atoms with Crippen molar-refractivity contribution in [2.75, 3.05) is 42.5 Å². The zero-order valence-corrected chi connectivity index (χ0v) is 20.0. The van der Waals surface area contributed by atoms with Crippen LogP contribution in [0.25, 0.3) is 0 Å². The molecule has 1 heterocycles. The van der Waals surface area contributed by atoms with E-state index in [-0.39, 0.29) is 11.7 Å². The van der Waals surface area contributed by atoms with Crippen LogP contribution in [-0.4, -0.2) is 49.6 Å². The van der Waals surface area contributed by atoms with E-state index in [0.717, 1.165) is 50.3 Å². The molecule has 1 aliphatic rings. The van der Waals surface area contributed by atoms with Gasteiger partial charge >= 0.3 is 0 Å². The van der Waals surface area contributed by atoms with Crippen molar-refractivity contribution in [2.45, 2.75) is 19.8 Å². The quantitative estimate of drug-likeness (QED) is 0.436. The molecule has 0 aliphatic carbocycles. The minimum atomic E-state index is -0.539. The highest BCUT2D eigenvalue weighted by Gasteiger charge is 2.22. The van der Waals surface area contributed by atoms with Crippen LogP contribution in [-0.2, 0) is 6.42 Å². The second kappa shape index (κ2) is 11.0. The lowest BCUT2D eigenvalue weighted by atomic mass is 10.0. The summed E-state index contributed by atoms with van der Waals surface area (Å²) in [7, 11) is 0. The van der Waals surface area contributed by atoms with Gasteiger partial charge in [0.2, 0.25) is 0 Å². The summed E-state index contributed by atoms with van der Waals surface area (Å²) < 4.78 is 0. The Hall–Kier alpha value is -4.00. The largest absolute Gasteiger partial charge is 0.508 e. The monoisotopic (exact) mass is 472 g/mol. The molecule has 4 N–H and O–H groups in total. The van der Waals surface area contributed by atoms with Crippen molar-refractivity contribution < 1.29 is 14.7 Å². The van der Waals surface area contributed by atoms with Crippen molar-refractivity contribution in [3.05, 3.63) is 89.0 Å². The van der Waals surface area contributed by atoms with Crippen LogP contribution in [0.4, 0.5) is 11.4 Å². The molecule has 0 saturated carbocycles. The van der Waals surface area contributed by atoms with E-state index < -0.39 is 5.91 Å². The summed E-state index contributed by atoms with van der Waals surface area (Å²) in [5, 5.41) is 12.3. The first-order chi connectivity index (χ1) is 16.9. The standard InChI is InChI=1S/C28H32N4O3/c1-20-5-2-3-7-25(20)31-15-17-32(18-16-31)26-13-10-22(19-24(26)27(29)34)28(35)30-14-4-6-21-8-11-23(33)12-9-21/h2-3,5,7-13,19,33H,4,6,14-18H2,1H3,(H2,29,34)(H,30,35). The number of hydrogen-bond donors (Lipinski definition) is 3. The molecule has 2 amide bonds. The minimum Gasteiger partial charge on any atom is -0.508 e. The molecule has 1 saturated heterocycles. The molecule has 0 spiro atoms. The van der Waals surface area contributed by atoms with Gasteiger partial charge in [0.1, 0.15) is 5.75 Å². The van der Waals surface area contributed by atoms with Gasteiger partial charge < -0.3 is 26.0 Å². The summed E-state index contributed by atoms with van der Waals surface area (Å²) in [5.41, 5.74) is 10.8. The van der Waals surface area contributed by atoms with Crippen LogP contribution in [0.3, 0.4) is 0 Å². The van der Waals surface area contributed by atoms with E-state index in [9.17, 15) is 14.7 Å². The number of nitrogens with two attached hydrogens (primary N) is 1. The fourth-order valence-corrected chi connectivity index (χ4v) is 4.52. The lowest BCUT2D eigenvalue weighted by molar-refractivity contribution is 0.0953. The van der Waals surface area contributed by atoms with Crippen LogP contribution in [0.5, 0.6) is 5.75 Å². The predicted octanol–water partition coefficient (Wildman–Crippen LogP) is 3.49. The molecule has 0 atom stereocenters. The summed E-state index contributed by atoms with van der Waals surface area (Å²) in [6, 6.07) is 20.6. The van der Waals surface area contributed by atoms with Gasteiger partial charge in [0, 0.05) is 49.7 Å². The molecule has 1 aliphatic heterocycles. The summed E-state index contributed by atoms with van der Waals surface area (Å²) in [4.78, 5) is 29.4. The molecule has 0 unspecified atom stereocenters. The highest BCUT2D eigenvalue weighted by atomic mass is 16.3. The van der Waals surface area contributed by atoms with E-state index >= 15 is 0 Å². The second-order valence-corrected chi connectivity index (χ2v) is 8.88. The van der Waals surface area contributed by atoms with Gasteiger partial charge in [0.05, 0.1) is 5.56 Å². The van der Waals surface area contributed by atoms with Crippen molar-refractivity contribution in [3.8, 4) is 5.75 Å². The average Bonchev–Trinajstić information content (AvgIpc) is 2.87. The van der Waals surface area contributed by atoms with Gasteiger partial charge in [-0.1, -0.05) is 30.3 Å². The van der Waals surface area contributed by atoms with Crippen LogP contribution in [0.2, 0.25) is 0 Å². The van der Waals surface area contributed by atoms with Crippen LogP contribution in [0.15, 0.2) is 66.7 Å². The zero-order chi connectivity index (χ0) is 24.8. The Labute approximate surface area is 206 Å². The number of benzene rings is 3. The fourth-order valence-electron chi connectivity index (χ4n) is 4.52. The van der Waals surface area contributed by atoms with E-state index in [2.05, 4.69) is 40.2 Å². The minimum absolute atomic E-state index is 0.228. The van der Waals surface area contributed by atoms with Gasteiger partial charge in [-0.05, 0) is 67.3 Å². The van der Waals surface area contributed by atoms with Gasteiger partial charge in [-0.15, -0.1) is 0 Å². The molecule has 0 radical (unpaired) electrons. The maximum atomic E-state index is 12.7. The van der Waals surface area contributed by atoms with E-state index in [1.54, 1.807) is 24.3 Å². The SMILES string of the molecule is Cc1ccccc1N1CCN(c2ccc(C(=O)NCCCc3ccc(O)cc3)cc2C(N)=O)CC1. The highest BCUT2D eigenvalue weighted by molar-refractivity contribution is 6.03. The second-order valence-electron chi connectivity index (χ2n) is 8.88. The smallest absolute Gasteiger partial charge is 0.251 e. The zero-order valence-electron chi connectivity index (χ0n) is 20.0. The maximum absolute atomic E-state index is 12.7. The fraction of sp³-hybridized carbons (Fsp3) is 0.286. The Morgan fingerprint density at radius 2 is 1.57 bits per heavy atom. The van der Waals surface area contributed by atoms with Crippen molar-refractivity contribution in [2.24, 2.45) is 5.73 Å². The molecule has 7 heteroatoms. The van der Waals surface area contributed by atoms with E-state index in [1.807, 2.05) is 24.3 Å². The number of anilines is 2. The van der Waals surface area contributed by atoms with Crippen molar-refractivity contribution in [1.82, 2.24) is 5.32 Å². The number of carbonyl (C=O) groups excluding carboxylic acids is 2. The molecular formula is C28H32N4O3. The number of phenols is 1. The third-order valence-electron chi connectivity index (χ3n) is 6.46. The number of hydrogen-bond acceptors (Lipinski definition) is 5. The lowest BCUT2D eigenvalue weighted by Crippen LogP contribution is -2.47. The number of piperazine rings is 1. The van der Waals surface area contributed by atoms with Crippen molar-refractivity contribution in [1.29, 1.82) is 0 Å². The van der Waals surface area contributed by atoms with Gasteiger partial charge in [0.25, 0.3) is 11.8 Å². The summed E-state index contributed by atoms with van der Waals surface area (Å²) in [6.07, 6.45) is 1.56. The molecule has 0 aromatic heterocycles. The average molecular weight is 473 g/mol. The number of aryl methyl sites for hydroxylation is 2. The maximum Gasteiger partial charge on any atom is 0.251 e. The lowest BCUT2D eigenvalue weighted by Gasteiger charge is -2.38. The van der Waals surface area contributed by atoms with E-state index in [4.69, 9.17) is 5.73 Å². The molecule has 7 nitrogen and oxygen atoms in total. The normalized spacial score (nSPS) is 13.5. The summed E-state index contributed by atoms with van der Waals surface area (Å²) >= 11 is 0. The Morgan fingerprint density at radius 1 is 0.914 bits per heavy atom. The summed E-state index contributed by atoms with van der Waals surface area (Å²) in [5.74, 6) is -0.527. The molecule has 4 rings (SSSR count). The van der Waals surface area contributed by atoms with Gasteiger partial charge in [-0.25, -0.2) is 0 Å². The molecular weight excluding hydrogens is 440 g/mol. The Kier molecular flexibility index (Phi) is 7.55. The third-order valence-corrected chi connectivity index (χ3v) is 6.46. The summed E-state index contributed by atoms with van der Waals surface area (Å²) in [6.45, 7) is 5.83. The predicted molar refractivity (Wildman–Crippen MR) is 139 cm³/mol. The van der Waals surface area contributed by atoms with Gasteiger partial charge in [0.15, 0.2) is 0 Å². The molecule has 0 bridgehead atoms. The van der Waals surface area contributed by atoms with Crippen molar-refractivity contribution in [3.63, 3.8) is 0 Å². The Morgan fingerprint density at radius 3 is 2.23 bits per heavy atom.